The first-order chi connectivity index (χ1) is 12.0. The minimum atomic E-state index is 0.0966. The van der Waals surface area contributed by atoms with Crippen molar-refractivity contribution in [1.29, 1.82) is 0 Å². The van der Waals surface area contributed by atoms with E-state index in [0.717, 1.165) is 26.2 Å². The van der Waals surface area contributed by atoms with Crippen LogP contribution >= 0.6 is 0 Å². The second-order valence-corrected chi connectivity index (χ2v) is 7.82. The molecule has 2 heteroatoms. The Bertz CT molecular complexity index is 601. The van der Waals surface area contributed by atoms with E-state index in [1.54, 1.807) is 5.57 Å². The van der Waals surface area contributed by atoms with Crippen molar-refractivity contribution in [3.05, 3.63) is 40.0 Å². The standard InChI is InChI=1S/C23H38N2/c1-7-9-13-24-15-23(16-25-14-10-8-2)20(6)19(5)22-18(4)17(3)11-12-21(22)23/h11-12,24-25H,7-10,13-16H2,1-6H3. The molecule has 0 unspecified atom stereocenters. The normalized spacial score (nSPS) is 15.8. The third-order valence-electron chi connectivity index (χ3n) is 6.17. The van der Waals surface area contributed by atoms with Gasteiger partial charge in [0.25, 0.3) is 0 Å². The van der Waals surface area contributed by atoms with E-state index >= 15 is 0 Å². The summed E-state index contributed by atoms with van der Waals surface area (Å²) in [5, 5.41) is 7.52. The lowest BCUT2D eigenvalue weighted by molar-refractivity contribution is 0.424. The number of aryl methyl sites for hydroxylation is 1. The summed E-state index contributed by atoms with van der Waals surface area (Å²) in [5.41, 5.74) is 9.03. The molecule has 0 saturated carbocycles. The van der Waals surface area contributed by atoms with Crippen molar-refractivity contribution in [3.63, 3.8) is 0 Å². The third-order valence-corrected chi connectivity index (χ3v) is 6.17. The number of rotatable bonds is 10. The number of hydrogen-bond acceptors (Lipinski definition) is 2. The van der Waals surface area contributed by atoms with E-state index in [4.69, 9.17) is 0 Å². The number of allylic oxidation sites excluding steroid dienone is 1. The van der Waals surface area contributed by atoms with Crippen LogP contribution in [-0.2, 0) is 5.41 Å². The molecule has 2 N–H and O–H groups in total. The van der Waals surface area contributed by atoms with Gasteiger partial charge in [0.2, 0.25) is 0 Å². The molecule has 0 fully saturated rings. The van der Waals surface area contributed by atoms with Gasteiger partial charge in [-0.1, -0.05) is 44.4 Å². The van der Waals surface area contributed by atoms with Crippen molar-refractivity contribution in [2.24, 2.45) is 0 Å². The number of fused-ring (bicyclic) bond motifs is 1. The molecule has 1 aliphatic rings. The van der Waals surface area contributed by atoms with Crippen molar-refractivity contribution in [2.75, 3.05) is 26.2 Å². The maximum atomic E-state index is 3.76. The number of hydrogen-bond donors (Lipinski definition) is 2. The van der Waals surface area contributed by atoms with Crippen molar-refractivity contribution in [1.82, 2.24) is 10.6 Å². The minimum absolute atomic E-state index is 0.0966. The first kappa shape index (κ1) is 20.2. The van der Waals surface area contributed by atoms with E-state index < -0.39 is 0 Å². The summed E-state index contributed by atoms with van der Waals surface area (Å²) in [7, 11) is 0. The molecule has 2 rings (SSSR count). The van der Waals surface area contributed by atoms with E-state index in [1.165, 1.54) is 53.5 Å². The molecule has 0 amide bonds. The molecule has 1 aromatic carbocycles. The summed E-state index contributed by atoms with van der Waals surface area (Å²) in [6.07, 6.45) is 5.00. The molecule has 0 saturated heterocycles. The van der Waals surface area contributed by atoms with Crippen LogP contribution in [0.2, 0.25) is 0 Å². The molecule has 0 bridgehead atoms. The maximum absolute atomic E-state index is 3.76. The van der Waals surface area contributed by atoms with Crippen LogP contribution in [0.3, 0.4) is 0 Å². The molecule has 0 heterocycles. The van der Waals surface area contributed by atoms with Crippen LogP contribution < -0.4 is 10.6 Å². The van der Waals surface area contributed by atoms with Crippen molar-refractivity contribution >= 4 is 5.57 Å². The molecular formula is C23H38N2. The molecule has 25 heavy (non-hydrogen) atoms. The van der Waals surface area contributed by atoms with Crippen molar-refractivity contribution < 1.29 is 0 Å². The molecule has 0 aliphatic heterocycles. The summed E-state index contributed by atoms with van der Waals surface area (Å²) in [4.78, 5) is 0. The van der Waals surface area contributed by atoms with E-state index in [1.807, 2.05) is 0 Å². The average molecular weight is 343 g/mol. The zero-order valence-electron chi connectivity index (χ0n) is 17.3. The molecule has 0 radical (unpaired) electrons. The Morgan fingerprint density at radius 3 is 1.92 bits per heavy atom. The zero-order valence-corrected chi connectivity index (χ0v) is 17.3. The van der Waals surface area contributed by atoms with Gasteiger partial charge in [0.1, 0.15) is 0 Å². The highest BCUT2D eigenvalue weighted by Crippen LogP contribution is 2.47. The van der Waals surface area contributed by atoms with Crippen LogP contribution in [0.5, 0.6) is 0 Å². The summed E-state index contributed by atoms with van der Waals surface area (Å²) in [5.74, 6) is 0. The van der Waals surface area contributed by atoms with Crippen molar-refractivity contribution in [2.45, 2.75) is 72.6 Å². The van der Waals surface area contributed by atoms with Gasteiger partial charge in [-0.3, -0.25) is 0 Å². The van der Waals surface area contributed by atoms with Gasteiger partial charge in [-0.15, -0.1) is 0 Å². The first-order valence-corrected chi connectivity index (χ1v) is 10.2. The summed E-state index contributed by atoms with van der Waals surface area (Å²) < 4.78 is 0. The van der Waals surface area contributed by atoms with Crippen LogP contribution in [0.15, 0.2) is 17.7 Å². The van der Waals surface area contributed by atoms with Crippen LogP contribution in [0.25, 0.3) is 5.57 Å². The lowest BCUT2D eigenvalue weighted by atomic mass is 9.76. The topological polar surface area (TPSA) is 24.1 Å². The number of benzene rings is 1. The third kappa shape index (κ3) is 4.01. The van der Waals surface area contributed by atoms with Gasteiger partial charge < -0.3 is 10.6 Å². The average Bonchev–Trinajstić information content (AvgIpc) is 2.81. The second-order valence-electron chi connectivity index (χ2n) is 7.82. The highest BCUT2D eigenvalue weighted by atomic mass is 14.9. The first-order valence-electron chi connectivity index (χ1n) is 10.2. The van der Waals surface area contributed by atoms with Gasteiger partial charge in [-0.2, -0.15) is 0 Å². The minimum Gasteiger partial charge on any atom is -0.315 e. The molecule has 0 aromatic heterocycles. The summed E-state index contributed by atoms with van der Waals surface area (Å²) in [6, 6.07) is 4.70. The van der Waals surface area contributed by atoms with Crippen molar-refractivity contribution in [3.8, 4) is 0 Å². The Morgan fingerprint density at radius 1 is 0.840 bits per heavy atom. The van der Waals surface area contributed by atoms with E-state index in [-0.39, 0.29) is 5.41 Å². The Kier molecular flexibility index (Phi) is 7.27. The molecular weight excluding hydrogens is 304 g/mol. The quantitative estimate of drug-likeness (QED) is 0.576. The smallest absolute Gasteiger partial charge is 0.0420 e. The fraction of sp³-hybridized carbons (Fsp3) is 0.652. The highest BCUT2D eigenvalue weighted by Gasteiger charge is 2.42. The highest BCUT2D eigenvalue weighted by molar-refractivity contribution is 5.81. The zero-order chi connectivity index (χ0) is 18.4. The molecule has 0 atom stereocenters. The molecule has 0 spiro atoms. The van der Waals surface area contributed by atoms with Gasteiger partial charge in [-0.25, -0.2) is 0 Å². The van der Waals surface area contributed by atoms with Crippen LogP contribution in [0.4, 0.5) is 0 Å². The summed E-state index contributed by atoms with van der Waals surface area (Å²) >= 11 is 0. The molecule has 140 valence electrons. The van der Waals surface area contributed by atoms with Gasteiger partial charge in [0, 0.05) is 18.5 Å². The van der Waals surface area contributed by atoms with E-state index in [2.05, 4.69) is 64.3 Å². The largest absolute Gasteiger partial charge is 0.315 e. The van der Waals surface area contributed by atoms with Crippen LogP contribution in [0, 0.1) is 13.8 Å². The van der Waals surface area contributed by atoms with E-state index in [9.17, 15) is 0 Å². The van der Waals surface area contributed by atoms with E-state index in [0.29, 0.717) is 0 Å². The fourth-order valence-corrected chi connectivity index (χ4v) is 4.17. The fourth-order valence-electron chi connectivity index (χ4n) is 4.17. The summed E-state index contributed by atoms with van der Waals surface area (Å²) in [6.45, 7) is 18.0. The van der Waals surface area contributed by atoms with Gasteiger partial charge in [-0.05, 0) is 81.5 Å². The van der Waals surface area contributed by atoms with Gasteiger partial charge >= 0.3 is 0 Å². The molecule has 1 aliphatic carbocycles. The maximum Gasteiger partial charge on any atom is 0.0420 e. The second kappa shape index (κ2) is 9.00. The SMILES string of the molecule is CCCCNCC1(CNCCCC)C(C)=C(C)c2c1ccc(C)c2C. The number of unbranched alkanes of at least 4 members (excludes halogenated alkanes) is 2. The Labute approximate surface area is 155 Å². The molecule has 1 aromatic rings. The Morgan fingerprint density at radius 2 is 1.40 bits per heavy atom. The number of nitrogens with one attached hydrogen (secondary N) is 2. The Balaban J connectivity index is 2.36. The van der Waals surface area contributed by atoms with Gasteiger partial charge in [0.15, 0.2) is 0 Å². The van der Waals surface area contributed by atoms with Crippen LogP contribution in [-0.4, -0.2) is 26.2 Å². The predicted octanol–water partition coefficient (Wildman–Crippen LogP) is 5.13. The van der Waals surface area contributed by atoms with Gasteiger partial charge in [0.05, 0.1) is 0 Å². The molecule has 2 nitrogen and oxygen atoms in total. The monoisotopic (exact) mass is 342 g/mol. The Hall–Kier alpha value is -1.12. The van der Waals surface area contributed by atoms with Crippen LogP contribution in [0.1, 0.15) is 75.6 Å². The lowest BCUT2D eigenvalue weighted by Crippen LogP contribution is -2.46. The predicted molar refractivity (Wildman–Crippen MR) is 111 cm³/mol. The lowest BCUT2D eigenvalue weighted by Gasteiger charge is -2.34.